The number of aryl methyl sites for hydroxylation is 1. The van der Waals surface area contributed by atoms with Gasteiger partial charge in [0, 0.05) is 25.2 Å². The predicted molar refractivity (Wildman–Crippen MR) is 74.7 cm³/mol. The quantitative estimate of drug-likeness (QED) is 0.884. The molecule has 2 aliphatic rings. The summed E-state index contributed by atoms with van der Waals surface area (Å²) in [4.78, 5) is 7.05. The van der Waals surface area contributed by atoms with Crippen LogP contribution in [0.4, 0.5) is 0 Å². The lowest BCUT2D eigenvalue weighted by molar-refractivity contribution is 0.126. The van der Waals surface area contributed by atoms with Crippen LogP contribution in [0.15, 0.2) is 6.33 Å². The van der Waals surface area contributed by atoms with Gasteiger partial charge in [0.15, 0.2) is 0 Å². The summed E-state index contributed by atoms with van der Waals surface area (Å²) in [6.45, 7) is 12.4. The third-order valence-electron chi connectivity index (χ3n) is 4.98. The Kier molecular flexibility index (Phi) is 3.35. The van der Waals surface area contributed by atoms with Crippen molar-refractivity contribution in [1.82, 2.24) is 25.0 Å². The SMILES string of the molecule is CCCn1ncnc1CN1CC2CNCC2C1(C)C. The third kappa shape index (κ3) is 2.19. The van der Waals surface area contributed by atoms with Crippen molar-refractivity contribution in [3.8, 4) is 0 Å². The fourth-order valence-electron chi connectivity index (χ4n) is 3.75. The minimum Gasteiger partial charge on any atom is -0.316 e. The van der Waals surface area contributed by atoms with Gasteiger partial charge < -0.3 is 5.32 Å². The molecule has 2 fully saturated rings. The van der Waals surface area contributed by atoms with Crippen LogP contribution >= 0.6 is 0 Å². The zero-order valence-electron chi connectivity index (χ0n) is 12.3. The van der Waals surface area contributed by atoms with E-state index in [1.807, 2.05) is 0 Å². The van der Waals surface area contributed by atoms with E-state index in [1.165, 1.54) is 13.1 Å². The van der Waals surface area contributed by atoms with E-state index in [1.54, 1.807) is 6.33 Å². The molecule has 0 saturated carbocycles. The molecule has 1 aromatic rings. The monoisotopic (exact) mass is 263 g/mol. The van der Waals surface area contributed by atoms with Crippen LogP contribution in [0.25, 0.3) is 0 Å². The van der Waals surface area contributed by atoms with Crippen LogP contribution in [-0.4, -0.2) is 44.8 Å². The van der Waals surface area contributed by atoms with Crippen LogP contribution < -0.4 is 5.32 Å². The smallest absolute Gasteiger partial charge is 0.141 e. The highest BCUT2D eigenvalue weighted by molar-refractivity contribution is 5.05. The lowest BCUT2D eigenvalue weighted by Crippen LogP contribution is -2.44. The molecule has 2 saturated heterocycles. The molecule has 3 heterocycles. The summed E-state index contributed by atoms with van der Waals surface area (Å²) < 4.78 is 2.06. The second-order valence-corrected chi connectivity index (χ2v) is 6.46. The summed E-state index contributed by atoms with van der Waals surface area (Å²) >= 11 is 0. The van der Waals surface area contributed by atoms with Gasteiger partial charge in [-0.3, -0.25) is 4.90 Å². The molecule has 3 rings (SSSR count). The van der Waals surface area contributed by atoms with Crippen LogP contribution in [0.5, 0.6) is 0 Å². The number of hydrogen-bond acceptors (Lipinski definition) is 4. The number of rotatable bonds is 4. The van der Waals surface area contributed by atoms with Crippen LogP contribution in [0.2, 0.25) is 0 Å². The number of fused-ring (bicyclic) bond motifs is 1. The molecular weight excluding hydrogens is 238 g/mol. The molecule has 19 heavy (non-hydrogen) atoms. The normalized spacial score (nSPS) is 29.8. The van der Waals surface area contributed by atoms with Crippen molar-refractivity contribution in [1.29, 1.82) is 0 Å². The van der Waals surface area contributed by atoms with Crippen molar-refractivity contribution in [2.45, 2.75) is 45.8 Å². The average molecular weight is 263 g/mol. The van der Waals surface area contributed by atoms with Gasteiger partial charge in [0.2, 0.25) is 0 Å². The third-order valence-corrected chi connectivity index (χ3v) is 4.98. The maximum Gasteiger partial charge on any atom is 0.141 e. The summed E-state index contributed by atoms with van der Waals surface area (Å²) in [5.41, 5.74) is 0.261. The lowest BCUT2D eigenvalue weighted by atomic mass is 9.85. The lowest BCUT2D eigenvalue weighted by Gasteiger charge is -2.35. The first-order chi connectivity index (χ1) is 9.13. The van der Waals surface area contributed by atoms with E-state index in [-0.39, 0.29) is 5.54 Å². The van der Waals surface area contributed by atoms with Gasteiger partial charge in [-0.1, -0.05) is 6.92 Å². The average Bonchev–Trinajstić information content (AvgIpc) is 3.02. The van der Waals surface area contributed by atoms with Gasteiger partial charge >= 0.3 is 0 Å². The molecule has 5 nitrogen and oxygen atoms in total. The molecule has 1 N–H and O–H groups in total. The van der Waals surface area contributed by atoms with Crippen molar-refractivity contribution < 1.29 is 0 Å². The molecule has 0 bridgehead atoms. The largest absolute Gasteiger partial charge is 0.316 e. The van der Waals surface area contributed by atoms with Crippen molar-refractivity contribution in [2.75, 3.05) is 19.6 Å². The summed E-state index contributed by atoms with van der Waals surface area (Å²) in [6, 6.07) is 0. The first-order valence-electron chi connectivity index (χ1n) is 7.45. The Bertz CT molecular complexity index is 439. The Hall–Kier alpha value is -0.940. The highest BCUT2D eigenvalue weighted by atomic mass is 15.4. The van der Waals surface area contributed by atoms with Crippen molar-refractivity contribution >= 4 is 0 Å². The highest BCUT2D eigenvalue weighted by Gasteiger charge is 2.49. The predicted octanol–water partition coefficient (Wildman–Crippen LogP) is 1.12. The molecule has 0 radical (unpaired) electrons. The van der Waals surface area contributed by atoms with Gasteiger partial charge in [0.25, 0.3) is 0 Å². The summed E-state index contributed by atoms with van der Waals surface area (Å²) in [6.07, 6.45) is 2.80. The van der Waals surface area contributed by atoms with E-state index in [9.17, 15) is 0 Å². The van der Waals surface area contributed by atoms with Crippen molar-refractivity contribution in [2.24, 2.45) is 11.8 Å². The molecular formula is C14H25N5. The minimum absolute atomic E-state index is 0.261. The first kappa shape index (κ1) is 13.1. The zero-order chi connectivity index (χ0) is 13.5. The van der Waals surface area contributed by atoms with E-state index >= 15 is 0 Å². The van der Waals surface area contributed by atoms with E-state index < -0.39 is 0 Å². The molecule has 2 atom stereocenters. The molecule has 0 aromatic carbocycles. The molecule has 1 aromatic heterocycles. The Morgan fingerprint density at radius 3 is 3.00 bits per heavy atom. The standard InChI is InChI=1S/C14H25N5/c1-4-5-19-13(16-10-17-19)9-18-8-11-6-15-7-12(11)14(18,2)3/h10-12,15H,4-9H2,1-3H3. The second-order valence-electron chi connectivity index (χ2n) is 6.46. The Balaban J connectivity index is 1.75. The van der Waals surface area contributed by atoms with Crippen LogP contribution in [0.1, 0.15) is 33.0 Å². The molecule has 2 aliphatic heterocycles. The Morgan fingerprint density at radius 2 is 2.26 bits per heavy atom. The van der Waals surface area contributed by atoms with E-state index in [0.717, 1.165) is 43.7 Å². The number of hydrogen-bond donors (Lipinski definition) is 1. The maximum absolute atomic E-state index is 4.45. The van der Waals surface area contributed by atoms with Crippen LogP contribution in [0.3, 0.4) is 0 Å². The van der Waals surface area contributed by atoms with Gasteiger partial charge in [-0.25, -0.2) is 9.67 Å². The zero-order valence-corrected chi connectivity index (χ0v) is 12.3. The van der Waals surface area contributed by atoms with E-state index in [0.29, 0.717) is 0 Å². The number of nitrogens with zero attached hydrogens (tertiary/aromatic N) is 4. The molecule has 0 amide bonds. The van der Waals surface area contributed by atoms with Gasteiger partial charge in [-0.15, -0.1) is 0 Å². The summed E-state index contributed by atoms with van der Waals surface area (Å²) in [7, 11) is 0. The van der Waals surface area contributed by atoms with E-state index in [4.69, 9.17) is 0 Å². The van der Waals surface area contributed by atoms with Crippen molar-refractivity contribution in [3.05, 3.63) is 12.2 Å². The van der Waals surface area contributed by atoms with Gasteiger partial charge in [0.05, 0.1) is 6.54 Å². The fourth-order valence-corrected chi connectivity index (χ4v) is 3.75. The topological polar surface area (TPSA) is 46.0 Å². The second kappa shape index (κ2) is 4.87. The van der Waals surface area contributed by atoms with Crippen LogP contribution in [-0.2, 0) is 13.1 Å². The highest BCUT2D eigenvalue weighted by Crippen LogP contribution is 2.41. The van der Waals surface area contributed by atoms with Gasteiger partial charge in [-0.2, -0.15) is 5.10 Å². The minimum atomic E-state index is 0.261. The fraction of sp³-hybridized carbons (Fsp3) is 0.857. The molecule has 0 aliphatic carbocycles. The molecule has 0 spiro atoms. The summed E-state index contributed by atoms with van der Waals surface area (Å²) in [5.74, 6) is 2.69. The summed E-state index contributed by atoms with van der Waals surface area (Å²) in [5, 5.41) is 7.87. The molecule has 2 unspecified atom stereocenters. The molecule has 106 valence electrons. The first-order valence-corrected chi connectivity index (χ1v) is 7.45. The van der Waals surface area contributed by atoms with Crippen LogP contribution in [0, 0.1) is 11.8 Å². The maximum atomic E-state index is 4.45. The number of likely N-dealkylation sites (tertiary alicyclic amines) is 1. The Morgan fingerprint density at radius 1 is 1.42 bits per heavy atom. The molecule has 5 heteroatoms. The van der Waals surface area contributed by atoms with Gasteiger partial charge in [0.1, 0.15) is 12.2 Å². The number of aromatic nitrogens is 3. The Labute approximate surface area is 115 Å². The van der Waals surface area contributed by atoms with E-state index in [2.05, 4.69) is 45.8 Å². The van der Waals surface area contributed by atoms with Crippen molar-refractivity contribution in [3.63, 3.8) is 0 Å². The number of nitrogens with one attached hydrogen (secondary N) is 1. The van der Waals surface area contributed by atoms with Gasteiger partial charge in [-0.05, 0) is 38.6 Å².